The van der Waals surface area contributed by atoms with Gasteiger partial charge in [0.15, 0.2) is 0 Å². The number of carbonyl (C=O) groups is 1. The molecule has 1 aromatic heterocycles. The van der Waals surface area contributed by atoms with E-state index < -0.39 is 0 Å². The van der Waals surface area contributed by atoms with Crippen LogP contribution >= 0.6 is 0 Å². The van der Waals surface area contributed by atoms with E-state index in [-0.39, 0.29) is 6.03 Å². The van der Waals surface area contributed by atoms with Gasteiger partial charge in [-0.25, -0.2) is 9.78 Å². The highest BCUT2D eigenvalue weighted by molar-refractivity contribution is 5.73. The number of pyridine rings is 1. The van der Waals surface area contributed by atoms with Gasteiger partial charge in [-0.1, -0.05) is 6.07 Å². The summed E-state index contributed by atoms with van der Waals surface area (Å²) in [6.07, 6.45) is 6.87. The molecule has 0 bridgehead atoms. The number of anilines is 1. The van der Waals surface area contributed by atoms with Crippen LogP contribution in [-0.2, 0) is 6.54 Å². The second-order valence-corrected chi connectivity index (χ2v) is 5.73. The Balaban J connectivity index is 1.43. The molecule has 1 aromatic rings. The quantitative estimate of drug-likeness (QED) is 0.862. The van der Waals surface area contributed by atoms with Gasteiger partial charge in [0.05, 0.1) is 0 Å². The topological polar surface area (TPSA) is 57.3 Å². The smallest absolute Gasteiger partial charge is 0.315 e. The minimum absolute atomic E-state index is 0.0829. The Morgan fingerprint density at radius 2 is 2.05 bits per heavy atom. The average molecular weight is 274 g/mol. The number of nitrogens with one attached hydrogen (secondary N) is 2. The summed E-state index contributed by atoms with van der Waals surface area (Å²) in [5.41, 5.74) is 1.04. The van der Waals surface area contributed by atoms with E-state index >= 15 is 0 Å². The maximum atomic E-state index is 11.6. The third kappa shape index (κ3) is 3.62. The maximum Gasteiger partial charge on any atom is 0.315 e. The van der Waals surface area contributed by atoms with Crippen molar-refractivity contribution in [2.75, 3.05) is 24.5 Å². The van der Waals surface area contributed by atoms with Crippen molar-refractivity contribution >= 4 is 11.8 Å². The summed E-state index contributed by atoms with van der Waals surface area (Å²) in [7, 11) is 0. The molecule has 2 aliphatic rings. The zero-order valence-electron chi connectivity index (χ0n) is 11.8. The Bertz CT molecular complexity index is 449. The molecular formula is C15H22N4O. The summed E-state index contributed by atoms with van der Waals surface area (Å²) in [4.78, 5) is 18.4. The number of urea groups is 1. The van der Waals surface area contributed by atoms with Crippen molar-refractivity contribution in [2.24, 2.45) is 5.92 Å². The van der Waals surface area contributed by atoms with E-state index in [1.807, 2.05) is 18.3 Å². The minimum Gasteiger partial charge on any atom is -0.357 e. The number of carbonyl (C=O) groups excluding carboxylic acids is 1. The van der Waals surface area contributed by atoms with Crippen LogP contribution in [0.25, 0.3) is 0 Å². The molecule has 2 heterocycles. The van der Waals surface area contributed by atoms with E-state index in [1.54, 1.807) is 0 Å². The molecule has 1 aliphatic heterocycles. The fraction of sp³-hybridized carbons (Fsp3) is 0.600. The first-order valence-corrected chi connectivity index (χ1v) is 7.53. The van der Waals surface area contributed by atoms with Crippen LogP contribution in [0.2, 0.25) is 0 Å². The zero-order valence-corrected chi connectivity index (χ0v) is 11.8. The molecular weight excluding hydrogens is 252 g/mol. The number of aromatic nitrogens is 1. The SMILES string of the molecule is O=C(NCc1ccc(N2CCCC2)nc1)NCC1CC1. The van der Waals surface area contributed by atoms with Crippen molar-refractivity contribution in [3.05, 3.63) is 23.9 Å². The standard InChI is InChI=1S/C15H22N4O/c20-15(17-9-12-3-4-12)18-11-13-5-6-14(16-10-13)19-7-1-2-8-19/h5-6,10,12H,1-4,7-9,11H2,(H2,17,18,20). The number of nitrogens with zero attached hydrogens (tertiary/aromatic N) is 2. The predicted octanol–water partition coefficient (Wildman–Crippen LogP) is 1.89. The van der Waals surface area contributed by atoms with Crippen LogP contribution in [0.5, 0.6) is 0 Å². The normalized spacial score (nSPS) is 18.1. The van der Waals surface area contributed by atoms with Crippen LogP contribution in [-0.4, -0.2) is 30.6 Å². The second-order valence-electron chi connectivity index (χ2n) is 5.73. The molecule has 0 aromatic carbocycles. The third-order valence-corrected chi connectivity index (χ3v) is 3.94. The van der Waals surface area contributed by atoms with Crippen molar-refractivity contribution in [2.45, 2.75) is 32.2 Å². The molecule has 5 nitrogen and oxygen atoms in total. The van der Waals surface area contributed by atoms with Crippen LogP contribution in [0.15, 0.2) is 18.3 Å². The van der Waals surface area contributed by atoms with Gasteiger partial charge in [0, 0.05) is 32.4 Å². The zero-order chi connectivity index (χ0) is 13.8. The van der Waals surface area contributed by atoms with E-state index in [2.05, 4.69) is 20.5 Å². The summed E-state index contributed by atoms with van der Waals surface area (Å²) in [5, 5.41) is 5.76. The number of amides is 2. The van der Waals surface area contributed by atoms with Gasteiger partial charge in [-0.3, -0.25) is 0 Å². The minimum atomic E-state index is -0.0829. The summed E-state index contributed by atoms with van der Waals surface area (Å²) in [6.45, 7) is 3.55. The molecule has 2 fully saturated rings. The lowest BCUT2D eigenvalue weighted by Crippen LogP contribution is -2.36. The van der Waals surface area contributed by atoms with Crippen molar-refractivity contribution in [1.82, 2.24) is 15.6 Å². The highest BCUT2D eigenvalue weighted by atomic mass is 16.2. The van der Waals surface area contributed by atoms with Crippen LogP contribution in [0.3, 0.4) is 0 Å². The fourth-order valence-electron chi connectivity index (χ4n) is 2.46. The first-order valence-electron chi connectivity index (χ1n) is 7.53. The first kappa shape index (κ1) is 13.2. The van der Waals surface area contributed by atoms with Crippen LogP contribution in [0, 0.1) is 5.92 Å². The second kappa shape index (κ2) is 6.11. The van der Waals surface area contributed by atoms with Gasteiger partial charge in [0.25, 0.3) is 0 Å². The summed E-state index contributed by atoms with van der Waals surface area (Å²) < 4.78 is 0. The summed E-state index contributed by atoms with van der Waals surface area (Å²) in [6, 6.07) is 4.01. The van der Waals surface area contributed by atoms with Crippen LogP contribution in [0.1, 0.15) is 31.2 Å². The Labute approximate surface area is 119 Å². The van der Waals surface area contributed by atoms with Gasteiger partial charge in [-0.05, 0) is 43.2 Å². The van der Waals surface area contributed by atoms with E-state index in [0.29, 0.717) is 12.5 Å². The van der Waals surface area contributed by atoms with Crippen molar-refractivity contribution in [1.29, 1.82) is 0 Å². The Morgan fingerprint density at radius 1 is 1.25 bits per heavy atom. The average Bonchev–Trinajstić information content (AvgIpc) is 3.15. The highest BCUT2D eigenvalue weighted by Crippen LogP contribution is 2.27. The third-order valence-electron chi connectivity index (χ3n) is 3.94. The molecule has 1 saturated carbocycles. The van der Waals surface area contributed by atoms with Crippen molar-refractivity contribution in [3.8, 4) is 0 Å². The van der Waals surface area contributed by atoms with E-state index in [0.717, 1.165) is 31.0 Å². The predicted molar refractivity (Wildman–Crippen MR) is 78.6 cm³/mol. The number of rotatable bonds is 5. The summed E-state index contributed by atoms with van der Waals surface area (Å²) >= 11 is 0. The first-order chi connectivity index (χ1) is 9.81. The van der Waals surface area contributed by atoms with Crippen molar-refractivity contribution in [3.63, 3.8) is 0 Å². The molecule has 2 amide bonds. The maximum absolute atomic E-state index is 11.6. The lowest BCUT2D eigenvalue weighted by atomic mass is 10.3. The largest absolute Gasteiger partial charge is 0.357 e. The van der Waals surface area contributed by atoms with E-state index in [4.69, 9.17) is 0 Å². The van der Waals surface area contributed by atoms with Gasteiger partial charge in [0.1, 0.15) is 5.82 Å². The Hall–Kier alpha value is -1.78. The van der Waals surface area contributed by atoms with Crippen LogP contribution in [0.4, 0.5) is 10.6 Å². The molecule has 1 aliphatic carbocycles. The van der Waals surface area contributed by atoms with Crippen LogP contribution < -0.4 is 15.5 Å². The van der Waals surface area contributed by atoms with Gasteiger partial charge < -0.3 is 15.5 Å². The lowest BCUT2D eigenvalue weighted by Gasteiger charge is -2.16. The molecule has 3 rings (SSSR count). The number of hydrogen-bond acceptors (Lipinski definition) is 3. The molecule has 0 radical (unpaired) electrons. The number of hydrogen-bond donors (Lipinski definition) is 2. The van der Waals surface area contributed by atoms with E-state index in [9.17, 15) is 4.79 Å². The monoisotopic (exact) mass is 274 g/mol. The molecule has 1 saturated heterocycles. The van der Waals surface area contributed by atoms with E-state index in [1.165, 1.54) is 25.7 Å². The van der Waals surface area contributed by atoms with Crippen molar-refractivity contribution < 1.29 is 4.79 Å². The van der Waals surface area contributed by atoms with Gasteiger partial charge in [-0.15, -0.1) is 0 Å². The molecule has 5 heteroatoms. The Morgan fingerprint density at radius 3 is 2.70 bits per heavy atom. The molecule has 0 unspecified atom stereocenters. The highest BCUT2D eigenvalue weighted by Gasteiger charge is 2.21. The van der Waals surface area contributed by atoms with Gasteiger partial charge in [-0.2, -0.15) is 0 Å². The molecule has 2 N–H and O–H groups in total. The molecule has 108 valence electrons. The summed E-state index contributed by atoms with van der Waals surface area (Å²) in [5.74, 6) is 1.76. The fourth-order valence-corrected chi connectivity index (χ4v) is 2.46. The van der Waals surface area contributed by atoms with Gasteiger partial charge in [0.2, 0.25) is 0 Å². The molecule has 0 spiro atoms. The lowest BCUT2D eigenvalue weighted by molar-refractivity contribution is 0.240. The molecule has 0 atom stereocenters. The molecule has 20 heavy (non-hydrogen) atoms. The van der Waals surface area contributed by atoms with Gasteiger partial charge >= 0.3 is 6.03 Å². The Kier molecular flexibility index (Phi) is 4.04.